The molecular formula is C14H21N5O2. The van der Waals surface area contributed by atoms with Gasteiger partial charge in [0.25, 0.3) is 0 Å². The van der Waals surface area contributed by atoms with Gasteiger partial charge in [-0.1, -0.05) is 0 Å². The summed E-state index contributed by atoms with van der Waals surface area (Å²) in [6, 6.07) is 0. The molecule has 0 spiro atoms. The van der Waals surface area contributed by atoms with Crippen molar-refractivity contribution in [1.82, 2.24) is 25.4 Å². The number of rotatable bonds is 7. The number of likely N-dealkylation sites (tertiary alicyclic amines) is 1. The monoisotopic (exact) mass is 291 g/mol. The zero-order chi connectivity index (χ0) is 14.7. The van der Waals surface area contributed by atoms with Gasteiger partial charge in [0.15, 0.2) is 0 Å². The molecule has 2 N–H and O–H groups in total. The Balaban J connectivity index is 1.36. The quantitative estimate of drug-likeness (QED) is 0.698. The molecule has 1 aliphatic carbocycles. The minimum absolute atomic E-state index is 0.000725. The lowest BCUT2D eigenvalue weighted by Crippen LogP contribution is -2.34. The number of H-pyrrole nitrogens is 1. The van der Waals surface area contributed by atoms with Crippen LogP contribution in [0.5, 0.6) is 0 Å². The smallest absolute Gasteiger partial charge is 0.225 e. The number of aromatic nitrogens is 3. The van der Waals surface area contributed by atoms with E-state index in [0.717, 1.165) is 25.2 Å². The number of amides is 2. The Morgan fingerprint density at radius 2 is 2.33 bits per heavy atom. The Morgan fingerprint density at radius 1 is 1.48 bits per heavy atom. The van der Waals surface area contributed by atoms with Crippen LogP contribution >= 0.6 is 0 Å². The molecular weight excluding hydrogens is 270 g/mol. The van der Waals surface area contributed by atoms with Crippen LogP contribution in [0.25, 0.3) is 0 Å². The van der Waals surface area contributed by atoms with Crippen molar-refractivity contribution in [2.45, 2.75) is 32.1 Å². The number of aryl methyl sites for hydroxylation is 1. The molecule has 1 saturated carbocycles. The molecule has 1 atom stereocenters. The number of nitrogens with zero attached hydrogens (tertiary/aromatic N) is 3. The minimum Gasteiger partial charge on any atom is -0.356 e. The average Bonchev–Trinajstić information content (AvgIpc) is 2.98. The first-order valence-corrected chi connectivity index (χ1v) is 7.62. The van der Waals surface area contributed by atoms with Gasteiger partial charge in [0.2, 0.25) is 11.8 Å². The number of carbonyl (C=O) groups excluding carboxylic acids is 2. The summed E-state index contributed by atoms with van der Waals surface area (Å²) in [5.74, 6) is 1.46. The van der Waals surface area contributed by atoms with Gasteiger partial charge in [0.1, 0.15) is 12.2 Å². The maximum Gasteiger partial charge on any atom is 0.225 e. The highest BCUT2D eigenvalue weighted by atomic mass is 16.2. The second-order valence-corrected chi connectivity index (χ2v) is 5.97. The van der Waals surface area contributed by atoms with Crippen LogP contribution < -0.4 is 5.32 Å². The third-order valence-electron chi connectivity index (χ3n) is 4.12. The summed E-state index contributed by atoms with van der Waals surface area (Å²) < 4.78 is 0. The molecule has 2 heterocycles. The Labute approximate surface area is 123 Å². The van der Waals surface area contributed by atoms with Crippen molar-refractivity contribution in [2.24, 2.45) is 11.8 Å². The zero-order valence-electron chi connectivity index (χ0n) is 12.0. The highest BCUT2D eigenvalue weighted by molar-refractivity contribution is 5.89. The summed E-state index contributed by atoms with van der Waals surface area (Å²) in [6.45, 7) is 2.03. The Morgan fingerprint density at radius 3 is 3.05 bits per heavy atom. The molecule has 2 fully saturated rings. The van der Waals surface area contributed by atoms with Crippen molar-refractivity contribution >= 4 is 11.8 Å². The molecule has 114 valence electrons. The van der Waals surface area contributed by atoms with Crippen molar-refractivity contribution in [3.63, 3.8) is 0 Å². The summed E-state index contributed by atoms with van der Waals surface area (Å²) in [5, 5.41) is 9.49. The van der Waals surface area contributed by atoms with Crippen LogP contribution in [0.2, 0.25) is 0 Å². The summed E-state index contributed by atoms with van der Waals surface area (Å²) in [5.41, 5.74) is 0. The summed E-state index contributed by atoms with van der Waals surface area (Å²) in [4.78, 5) is 29.8. The third kappa shape index (κ3) is 3.80. The minimum atomic E-state index is -0.179. The van der Waals surface area contributed by atoms with E-state index in [1.54, 1.807) is 0 Å². The van der Waals surface area contributed by atoms with E-state index in [1.807, 2.05) is 4.90 Å². The van der Waals surface area contributed by atoms with Gasteiger partial charge in [0, 0.05) is 32.5 Å². The van der Waals surface area contributed by atoms with Gasteiger partial charge < -0.3 is 10.2 Å². The van der Waals surface area contributed by atoms with Crippen LogP contribution in [-0.4, -0.2) is 51.5 Å². The molecule has 1 saturated heterocycles. The second kappa shape index (κ2) is 6.24. The predicted octanol–water partition coefficient (Wildman–Crippen LogP) is 0.112. The van der Waals surface area contributed by atoms with Crippen LogP contribution in [0.1, 0.15) is 31.5 Å². The van der Waals surface area contributed by atoms with E-state index < -0.39 is 0 Å². The van der Waals surface area contributed by atoms with Crippen LogP contribution in [0.3, 0.4) is 0 Å². The van der Waals surface area contributed by atoms with Crippen LogP contribution in [0, 0.1) is 11.8 Å². The number of carbonyl (C=O) groups is 2. The number of nitrogens with one attached hydrogen (secondary N) is 2. The van der Waals surface area contributed by atoms with E-state index >= 15 is 0 Å². The molecule has 7 nitrogen and oxygen atoms in total. The van der Waals surface area contributed by atoms with E-state index in [-0.39, 0.29) is 17.7 Å². The van der Waals surface area contributed by atoms with E-state index in [4.69, 9.17) is 0 Å². The maximum atomic E-state index is 12.1. The molecule has 2 amide bonds. The average molecular weight is 291 g/mol. The highest BCUT2D eigenvalue weighted by Crippen LogP contribution is 2.31. The fraction of sp³-hybridized carbons (Fsp3) is 0.714. The van der Waals surface area contributed by atoms with Gasteiger partial charge in [-0.2, -0.15) is 5.10 Å². The van der Waals surface area contributed by atoms with Gasteiger partial charge in [-0.25, -0.2) is 4.98 Å². The standard InChI is InChI=1S/C14H21N5O2/c20-13-6-11(8-19(13)7-10-3-4-10)14(21)15-5-1-2-12-16-9-17-18-12/h9-11H,1-8H2,(H,15,21)(H,16,17,18). The molecule has 1 aliphatic heterocycles. The van der Waals surface area contributed by atoms with Crippen molar-refractivity contribution in [3.05, 3.63) is 12.2 Å². The van der Waals surface area contributed by atoms with Crippen LogP contribution in [0.4, 0.5) is 0 Å². The van der Waals surface area contributed by atoms with Crippen molar-refractivity contribution in [1.29, 1.82) is 0 Å². The van der Waals surface area contributed by atoms with Crippen molar-refractivity contribution in [2.75, 3.05) is 19.6 Å². The van der Waals surface area contributed by atoms with Gasteiger partial charge >= 0.3 is 0 Å². The van der Waals surface area contributed by atoms with Crippen molar-refractivity contribution in [3.8, 4) is 0 Å². The summed E-state index contributed by atoms with van der Waals surface area (Å²) >= 11 is 0. The largest absolute Gasteiger partial charge is 0.356 e. The molecule has 0 aromatic carbocycles. The van der Waals surface area contributed by atoms with E-state index in [1.165, 1.54) is 19.2 Å². The predicted molar refractivity (Wildman–Crippen MR) is 75.1 cm³/mol. The first kappa shape index (κ1) is 14.0. The van der Waals surface area contributed by atoms with Gasteiger partial charge in [-0.3, -0.25) is 14.7 Å². The zero-order valence-corrected chi connectivity index (χ0v) is 12.0. The van der Waals surface area contributed by atoms with Gasteiger partial charge in [0.05, 0.1) is 5.92 Å². The number of hydrogen-bond acceptors (Lipinski definition) is 4. The lowest BCUT2D eigenvalue weighted by molar-refractivity contribution is -0.129. The molecule has 0 radical (unpaired) electrons. The Hall–Kier alpha value is -1.92. The molecule has 7 heteroatoms. The maximum absolute atomic E-state index is 12.1. The molecule has 1 aromatic heterocycles. The lowest BCUT2D eigenvalue weighted by atomic mass is 10.1. The topological polar surface area (TPSA) is 91.0 Å². The molecule has 3 rings (SSSR count). The molecule has 21 heavy (non-hydrogen) atoms. The molecule has 2 aliphatic rings. The molecule has 1 unspecified atom stereocenters. The van der Waals surface area contributed by atoms with E-state index in [0.29, 0.717) is 25.4 Å². The van der Waals surface area contributed by atoms with Crippen LogP contribution in [-0.2, 0) is 16.0 Å². The molecule has 0 bridgehead atoms. The summed E-state index contributed by atoms with van der Waals surface area (Å²) in [6.07, 6.45) is 5.86. The first-order valence-electron chi connectivity index (χ1n) is 7.62. The second-order valence-electron chi connectivity index (χ2n) is 5.97. The fourth-order valence-corrected chi connectivity index (χ4v) is 2.70. The van der Waals surface area contributed by atoms with Crippen molar-refractivity contribution < 1.29 is 9.59 Å². The number of hydrogen-bond donors (Lipinski definition) is 2. The molecule has 1 aromatic rings. The fourth-order valence-electron chi connectivity index (χ4n) is 2.70. The first-order chi connectivity index (χ1) is 10.2. The normalized spacial score (nSPS) is 21.8. The SMILES string of the molecule is O=C(NCCCc1ncn[nH]1)C1CC(=O)N(CC2CC2)C1. The Kier molecular flexibility index (Phi) is 4.17. The van der Waals surface area contributed by atoms with Gasteiger partial charge in [-0.05, 0) is 25.2 Å². The van der Waals surface area contributed by atoms with Crippen LogP contribution in [0.15, 0.2) is 6.33 Å². The summed E-state index contributed by atoms with van der Waals surface area (Å²) in [7, 11) is 0. The lowest BCUT2D eigenvalue weighted by Gasteiger charge is -2.15. The van der Waals surface area contributed by atoms with Gasteiger partial charge in [-0.15, -0.1) is 0 Å². The highest BCUT2D eigenvalue weighted by Gasteiger charge is 2.36. The number of aromatic amines is 1. The van der Waals surface area contributed by atoms with E-state index in [2.05, 4.69) is 20.5 Å². The third-order valence-corrected chi connectivity index (χ3v) is 4.12. The van der Waals surface area contributed by atoms with E-state index in [9.17, 15) is 9.59 Å². The Bertz CT molecular complexity index is 497.